The maximum absolute atomic E-state index is 14.0. The number of non-ortho nitro benzene ring substituents is 1. The highest BCUT2D eigenvalue weighted by Gasteiger charge is 2.26. The van der Waals surface area contributed by atoms with Crippen LogP contribution in [0.3, 0.4) is 0 Å². The van der Waals surface area contributed by atoms with E-state index in [9.17, 15) is 34.1 Å². The predicted molar refractivity (Wildman–Crippen MR) is 271 cm³/mol. The summed E-state index contributed by atoms with van der Waals surface area (Å²) in [7, 11) is 1.20. The Bertz CT molecular complexity index is 2620. The maximum Gasteiger partial charge on any atom is 0.325 e. The van der Waals surface area contributed by atoms with Gasteiger partial charge in [0.1, 0.15) is 18.6 Å². The molecule has 0 unspecified atom stereocenters. The van der Waals surface area contributed by atoms with E-state index in [0.717, 1.165) is 22.8 Å². The number of amides is 4. The van der Waals surface area contributed by atoms with Crippen LogP contribution in [0.5, 0.6) is 0 Å². The summed E-state index contributed by atoms with van der Waals surface area (Å²) in [4.78, 5) is 99.4. The minimum Gasteiger partial charge on any atom is -0.468 e. The summed E-state index contributed by atoms with van der Waals surface area (Å²) in [6.07, 6.45) is 10.2. The zero-order valence-corrected chi connectivity index (χ0v) is 41.3. The van der Waals surface area contributed by atoms with Crippen molar-refractivity contribution in [2.75, 3.05) is 45.2 Å². The number of esters is 1. The minimum atomic E-state index is -1.07. The molecular weight excluding hydrogens is 953 g/mol. The second kappa shape index (κ2) is 29.9. The maximum atomic E-state index is 14.0. The van der Waals surface area contributed by atoms with E-state index < -0.39 is 53.8 Å². The Morgan fingerprint density at radius 1 is 0.608 bits per heavy atom. The van der Waals surface area contributed by atoms with Crippen molar-refractivity contribution in [1.29, 1.82) is 0 Å². The van der Waals surface area contributed by atoms with Crippen molar-refractivity contribution >= 4 is 52.0 Å². The first-order valence-corrected chi connectivity index (χ1v) is 24.4. The molecule has 74 heavy (non-hydrogen) atoms. The van der Waals surface area contributed by atoms with Gasteiger partial charge in [-0.15, -0.1) is 0 Å². The first kappa shape index (κ1) is 55.0. The fraction of sp³-hybridized carbons (Fsp3) is 0.392. The monoisotopic (exact) mass is 1010 g/mol. The summed E-state index contributed by atoms with van der Waals surface area (Å²) in [5, 5.41) is 32.8. The Morgan fingerprint density at radius 2 is 1.09 bits per heavy atom. The number of hydrogen-bond acceptors (Lipinski definition) is 18. The Kier molecular flexibility index (Phi) is 22.2. The van der Waals surface area contributed by atoms with Gasteiger partial charge in [0.25, 0.3) is 0 Å². The molecule has 23 nitrogen and oxygen atoms in total. The number of nitrogens with zero attached hydrogens (tertiary/aromatic N) is 9. The summed E-state index contributed by atoms with van der Waals surface area (Å²) in [5.41, 5.74) is 3.99. The van der Waals surface area contributed by atoms with Gasteiger partial charge in [-0.3, -0.25) is 63.8 Å². The molecule has 0 fully saturated rings. The van der Waals surface area contributed by atoms with Gasteiger partial charge in [0, 0.05) is 70.0 Å². The Balaban J connectivity index is 1.06. The fourth-order valence-electron chi connectivity index (χ4n) is 8.00. The third-order valence-electron chi connectivity index (χ3n) is 11.7. The number of carbonyl (C=O) groups is 5. The average Bonchev–Trinajstić information content (AvgIpc) is 3.91. The Labute approximate surface area is 427 Å². The van der Waals surface area contributed by atoms with Gasteiger partial charge in [0.2, 0.25) is 29.1 Å². The van der Waals surface area contributed by atoms with Crippen molar-refractivity contribution in [2.24, 2.45) is 0 Å². The number of pyridine rings is 4. The standard InChI is InChI=1S/C51H62N14O9/c1-73-47(68)32-58-51(70)43(20-14-30-64(35-39-17-6-11-26-54-39)36-40-18-7-12-27-55-40)60-46(67)31-57-50(69)42(19-13-29-63(33-37-15-4-9-24-52-37)34-38-16-5-10-25-53-38)59-45(66)21-3-2-8-28-56-41-22-23-44(65(71)72)49-48(41)61-74-62-49/h4-7,9-12,15-18,22-27,42-43,56H,2-3,8,13-14,19-21,28-36H2,1H3,(H,57,69)(H,58,70)(H,59,66)(H,60,67)/t42-,43-/m0/s1. The molecule has 0 aliphatic carbocycles. The molecule has 5 aromatic heterocycles. The molecule has 0 saturated carbocycles. The number of aromatic nitrogens is 6. The van der Waals surface area contributed by atoms with Gasteiger partial charge in [-0.2, -0.15) is 0 Å². The molecule has 390 valence electrons. The molecule has 6 rings (SSSR count). The van der Waals surface area contributed by atoms with E-state index in [2.05, 4.69) is 66.6 Å². The lowest BCUT2D eigenvalue weighted by Gasteiger charge is -2.24. The molecule has 1 aromatic carbocycles. The minimum absolute atomic E-state index is 0.0397. The lowest BCUT2D eigenvalue weighted by molar-refractivity contribution is -0.383. The first-order valence-electron chi connectivity index (χ1n) is 24.4. The third kappa shape index (κ3) is 18.7. The van der Waals surface area contributed by atoms with Gasteiger partial charge in [0.05, 0.1) is 47.0 Å². The number of unbranched alkanes of at least 4 members (excludes halogenated alkanes) is 2. The van der Waals surface area contributed by atoms with Crippen LogP contribution in [0.2, 0.25) is 0 Å². The molecule has 23 heteroatoms. The van der Waals surface area contributed by atoms with Crippen molar-refractivity contribution < 1.29 is 38.3 Å². The smallest absolute Gasteiger partial charge is 0.325 e. The van der Waals surface area contributed by atoms with Crippen molar-refractivity contribution in [3.63, 3.8) is 0 Å². The van der Waals surface area contributed by atoms with Crippen LogP contribution >= 0.6 is 0 Å². The molecule has 0 aliphatic heterocycles. The normalized spacial score (nSPS) is 11.9. The lowest BCUT2D eigenvalue weighted by Crippen LogP contribution is -2.52. The van der Waals surface area contributed by atoms with E-state index in [1.807, 2.05) is 72.8 Å². The number of nitro groups is 1. The topological polar surface area (TPSA) is 295 Å². The van der Waals surface area contributed by atoms with Crippen LogP contribution in [0, 0.1) is 10.1 Å². The van der Waals surface area contributed by atoms with Crippen molar-refractivity contribution in [3.8, 4) is 0 Å². The van der Waals surface area contributed by atoms with E-state index in [0.29, 0.717) is 83.6 Å². The summed E-state index contributed by atoms with van der Waals surface area (Å²) in [6.45, 7) is 2.65. The van der Waals surface area contributed by atoms with Gasteiger partial charge in [0.15, 0.2) is 5.52 Å². The number of anilines is 1. The molecule has 6 aromatic rings. The van der Waals surface area contributed by atoms with Crippen molar-refractivity contribution in [2.45, 2.75) is 89.6 Å². The van der Waals surface area contributed by atoms with E-state index in [1.54, 1.807) is 30.9 Å². The van der Waals surface area contributed by atoms with E-state index in [4.69, 9.17) is 9.37 Å². The lowest BCUT2D eigenvalue weighted by atomic mass is 10.1. The summed E-state index contributed by atoms with van der Waals surface area (Å²) >= 11 is 0. The van der Waals surface area contributed by atoms with Crippen LogP contribution in [0.1, 0.15) is 74.1 Å². The number of rotatable bonds is 32. The number of nitrogens with one attached hydrogen (secondary N) is 5. The second-order valence-corrected chi connectivity index (χ2v) is 17.3. The summed E-state index contributed by atoms with van der Waals surface area (Å²) in [6, 6.07) is 23.5. The quantitative estimate of drug-likeness (QED) is 0.0173. The predicted octanol–water partition coefficient (Wildman–Crippen LogP) is 4.02. The second-order valence-electron chi connectivity index (χ2n) is 17.3. The molecule has 0 saturated heterocycles. The Hall–Kier alpha value is -8.31. The zero-order valence-electron chi connectivity index (χ0n) is 41.3. The fourth-order valence-corrected chi connectivity index (χ4v) is 8.00. The number of hydrogen-bond donors (Lipinski definition) is 5. The third-order valence-corrected chi connectivity index (χ3v) is 11.7. The number of carbonyl (C=O) groups excluding carboxylic acids is 5. The van der Waals surface area contributed by atoms with Crippen LogP contribution in [-0.4, -0.2) is 126 Å². The molecular formula is C51H62N14O9. The zero-order chi connectivity index (χ0) is 52.3. The molecule has 5 heterocycles. The van der Waals surface area contributed by atoms with Gasteiger partial charge in [-0.1, -0.05) is 30.7 Å². The summed E-state index contributed by atoms with van der Waals surface area (Å²) in [5.74, 6) is -2.85. The number of benzene rings is 1. The van der Waals surface area contributed by atoms with Gasteiger partial charge < -0.3 is 31.3 Å². The number of fused-ring (bicyclic) bond motifs is 1. The molecule has 0 bridgehead atoms. The highest BCUT2D eigenvalue weighted by Crippen LogP contribution is 2.28. The largest absolute Gasteiger partial charge is 0.468 e. The van der Waals surface area contributed by atoms with Crippen LogP contribution < -0.4 is 26.6 Å². The molecule has 2 atom stereocenters. The average molecular weight is 1020 g/mol. The number of methoxy groups -OCH3 is 1. The van der Waals surface area contributed by atoms with E-state index in [-0.39, 0.29) is 41.9 Å². The highest BCUT2D eigenvalue weighted by atomic mass is 16.6. The van der Waals surface area contributed by atoms with E-state index in [1.165, 1.54) is 13.2 Å². The van der Waals surface area contributed by atoms with Gasteiger partial charge in [-0.05, 0) is 117 Å². The van der Waals surface area contributed by atoms with Gasteiger partial charge in [-0.25, -0.2) is 4.63 Å². The number of nitro benzene ring substituents is 1. The molecule has 0 spiro atoms. The van der Waals surface area contributed by atoms with Gasteiger partial charge >= 0.3 is 11.7 Å². The van der Waals surface area contributed by atoms with Crippen LogP contribution in [0.25, 0.3) is 11.0 Å². The Morgan fingerprint density at radius 3 is 1.57 bits per heavy atom. The first-order chi connectivity index (χ1) is 36.0. The SMILES string of the molecule is COC(=O)CNC(=O)[C@H](CCCN(Cc1ccccn1)Cc1ccccn1)NC(=O)CNC(=O)[C@H](CCCN(Cc1ccccn1)Cc1ccccn1)NC(=O)CCCCCNc1ccc([N+](=O)[O-])c2nonc12. The van der Waals surface area contributed by atoms with Crippen LogP contribution in [0.15, 0.2) is 114 Å². The molecule has 0 radical (unpaired) electrons. The van der Waals surface area contributed by atoms with Crippen molar-refractivity contribution in [3.05, 3.63) is 143 Å². The summed E-state index contributed by atoms with van der Waals surface area (Å²) < 4.78 is 9.44. The molecule has 4 amide bonds. The highest BCUT2D eigenvalue weighted by molar-refractivity contribution is 5.94. The van der Waals surface area contributed by atoms with Crippen molar-refractivity contribution in [1.82, 2.24) is 61.3 Å². The number of ether oxygens (including phenoxy) is 1. The molecule has 5 N–H and O–H groups in total. The van der Waals surface area contributed by atoms with Crippen LogP contribution in [-0.2, 0) is 54.9 Å². The molecule has 0 aliphatic rings. The van der Waals surface area contributed by atoms with Crippen LogP contribution in [0.4, 0.5) is 11.4 Å². The van der Waals surface area contributed by atoms with E-state index >= 15 is 0 Å².